The highest BCUT2D eigenvalue weighted by Gasteiger charge is 2.33. The first kappa shape index (κ1) is 11.8. The zero-order valence-electron chi connectivity index (χ0n) is 8.23. The van der Waals surface area contributed by atoms with Crippen LogP contribution in [0.5, 0.6) is 0 Å². The van der Waals surface area contributed by atoms with Crippen molar-refractivity contribution in [3.63, 3.8) is 0 Å². The third-order valence-electron chi connectivity index (χ3n) is 1.57. The van der Waals surface area contributed by atoms with Gasteiger partial charge < -0.3 is 8.68 Å². The average molecular weight is 256 g/mol. The third kappa shape index (κ3) is 5.13. The molecule has 0 saturated heterocycles. The molecule has 0 unspecified atom stereocenters. The first-order valence-corrected chi connectivity index (χ1v) is 11.7. The quantitative estimate of drug-likeness (QED) is 0.568. The van der Waals surface area contributed by atoms with Gasteiger partial charge in [0.25, 0.3) is 8.48 Å². The zero-order chi connectivity index (χ0) is 9.28. The minimum Gasteiger partial charge on any atom is -0.436 e. The van der Waals surface area contributed by atoms with Crippen LogP contribution in [0.1, 0.15) is 0 Å². The van der Waals surface area contributed by atoms with Gasteiger partial charge in [-0.15, -0.1) is 0 Å². The summed E-state index contributed by atoms with van der Waals surface area (Å²) in [4.78, 5) is 0. The van der Waals surface area contributed by atoms with Crippen molar-refractivity contribution in [2.45, 2.75) is 26.2 Å². The Hall–Kier alpha value is 0.834. The first-order chi connectivity index (χ1) is 4.65. The van der Waals surface area contributed by atoms with E-state index in [1.54, 1.807) is 0 Å². The molecule has 0 saturated carbocycles. The molecule has 2 nitrogen and oxygen atoms in total. The van der Waals surface area contributed by atoms with Gasteiger partial charge in [0.1, 0.15) is 0 Å². The van der Waals surface area contributed by atoms with Crippen LogP contribution in [0, 0.1) is 0 Å². The van der Waals surface area contributed by atoms with Crippen molar-refractivity contribution in [3.05, 3.63) is 0 Å². The van der Waals surface area contributed by atoms with Gasteiger partial charge in [0.2, 0.25) is 6.94 Å². The Balaban J connectivity index is 4.13. The second-order valence-corrected chi connectivity index (χ2v) is 16.9. The largest absolute Gasteiger partial charge is 0.436 e. The van der Waals surface area contributed by atoms with Gasteiger partial charge in [0.15, 0.2) is 0 Å². The van der Waals surface area contributed by atoms with Crippen LogP contribution >= 0.6 is 15.3 Å². The Labute approximate surface area is 79.8 Å². The summed E-state index contributed by atoms with van der Waals surface area (Å²) >= 11 is 3.61. The van der Waals surface area contributed by atoms with Crippen molar-refractivity contribution in [2.24, 2.45) is 0 Å². The van der Waals surface area contributed by atoms with Gasteiger partial charge in [0, 0.05) is 0 Å². The Morgan fingerprint density at radius 3 is 1.55 bits per heavy atom. The van der Waals surface area contributed by atoms with Crippen LogP contribution in [-0.2, 0) is 4.12 Å². The predicted octanol–water partition coefficient (Wildman–Crippen LogP) is 2.36. The fourth-order valence-corrected chi connectivity index (χ4v) is 9.73. The molecule has 0 aliphatic rings. The number of halogens is 1. The predicted molar refractivity (Wildman–Crippen MR) is 58.7 cm³/mol. The molecule has 0 atom stereocenters. The van der Waals surface area contributed by atoms with Gasteiger partial charge in [-0.25, -0.2) is 0 Å². The van der Waals surface area contributed by atoms with Gasteiger partial charge in [-0.2, -0.15) is 0 Å². The topological polar surface area (TPSA) is 12.5 Å². The van der Waals surface area contributed by atoms with Crippen molar-refractivity contribution in [3.8, 4) is 0 Å². The number of nitrogens with zero attached hydrogens (tertiary/aromatic N) is 1. The van der Waals surface area contributed by atoms with E-state index in [0.29, 0.717) is 0 Å². The molecule has 0 spiro atoms. The van der Waals surface area contributed by atoms with Gasteiger partial charge in [-0.3, -0.25) is 0 Å². The third-order valence-corrected chi connectivity index (χ3v) is 9.12. The maximum Gasteiger partial charge on any atom is 0.254 e. The molecule has 0 radical (unpaired) electrons. The lowest BCUT2D eigenvalue weighted by Crippen LogP contribution is -2.51. The molecular formula is C6H18BrNOSi2. The Morgan fingerprint density at radius 2 is 1.45 bits per heavy atom. The molecular weight excluding hydrogens is 238 g/mol. The highest BCUT2D eigenvalue weighted by molar-refractivity contribution is 9.25. The standard InChI is InChI=1S/C6H18BrNOSi2/c1-8(2)11(5,6)9-10(3,4)7/h1-6H3. The lowest BCUT2D eigenvalue weighted by atomic mass is 11.3. The number of hydrogen-bond acceptors (Lipinski definition) is 2. The highest BCUT2D eigenvalue weighted by atomic mass is 79.9. The summed E-state index contributed by atoms with van der Waals surface area (Å²) in [7, 11) is 2.60. The normalized spacial score (nSPS) is 14.2. The van der Waals surface area contributed by atoms with E-state index in [4.69, 9.17) is 4.12 Å². The summed E-state index contributed by atoms with van der Waals surface area (Å²) in [6.07, 6.45) is 0. The molecule has 0 aromatic heterocycles. The Morgan fingerprint density at radius 1 is 1.09 bits per heavy atom. The van der Waals surface area contributed by atoms with Crippen LogP contribution in [0.2, 0.25) is 26.2 Å². The van der Waals surface area contributed by atoms with Crippen LogP contribution in [-0.4, -0.2) is 34.1 Å². The molecule has 0 aliphatic carbocycles. The number of rotatable bonds is 3. The van der Waals surface area contributed by atoms with Gasteiger partial charge >= 0.3 is 0 Å². The van der Waals surface area contributed by atoms with Crippen LogP contribution in [0.15, 0.2) is 0 Å². The Kier molecular flexibility index (Phi) is 3.98. The molecule has 0 N–H and O–H groups in total. The highest BCUT2D eigenvalue weighted by Crippen LogP contribution is 2.20. The van der Waals surface area contributed by atoms with Crippen LogP contribution in [0.4, 0.5) is 0 Å². The molecule has 0 aromatic carbocycles. The SMILES string of the molecule is CN(C)[Si](C)(C)O[Si](C)(C)Br. The minimum atomic E-state index is -1.57. The van der Waals surface area contributed by atoms with E-state index in [1.165, 1.54) is 0 Å². The summed E-state index contributed by atoms with van der Waals surface area (Å²) in [6, 6.07) is 0. The number of hydrogen-bond donors (Lipinski definition) is 0. The summed E-state index contributed by atoms with van der Waals surface area (Å²) in [5, 5.41) is 0. The molecule has 0 bridgehead atoms. The zero-order valence-corrected chi connectivity index (χ0v) is 11.8. The maximum absolute atomic E-state index is 6.01. The van der Waals surface area contributed by atoms with E-state index in [9.17, 15) is 0 Å². The van der Waals surface area contributed by atoms with Crippen LogP contribution in [0.3, 0.4) is 0 Å². The fourth-order valence-electron chi connectivity index (χ4n) is 0.685. The lowest BCUT2D eigenvalue weighted by molar-refractivity contribution is 0.451. The van der Waals surface area contributed by atoms with Gasteiger partial charge in [-0.1, -0.05) is 15.3 Å². The summed E-state index contributed by atoms with van der Waals surface area (Å²) in [6.45, 7) is 7.22. The minimum absolute atomic E-state index is 1.52. The van der Waals surface area contributed by atoms with Crippen molar-refractivity contribution in [1.29, 1.82) is 0 Å². The maximum atomic E-state index is 6.01. The van der Waals surface area contributed by atoms with Crippen LogP contribution in [0.25, 0.3) is 0 Å². The van der Waals surface area contributed by atoms with Crippen molar-refractivity contribution < 1.29 is 4.12 Å². The molecule has 0 amide bonds. The second kappa shape index (κ2) is 3.70. The summed E-state index contributed by atoms with van der Waals surface area (Å²) < 4.78 is 8.22. The smallest absolute Gasteiger partial charge is 0.254 e. The van der Waals surface area contributed by atoms with Crippen molar-refractivity contribution >= 4 is 30.7 Å². The lowest BCUT2D eigenvalue weighted by Gasteiger charge is -2.34. The van der Waals surface area contributed by atoms with Gasteiger partial charge in [-0.05, 0) is 40.3 Å². The van der Waals surface area contributed by atoms with Crippen LogP contribution < -0.4 is 0 Å². The molecule has 0 aromatic rings. The second-order valence-electron chi connectivity index (χ2n) is 3.81. The average Bonchev–Trinajstić information content (AvgIpc) is 1.56. The Bertz CT molecular complexity index is 133. The monoisotopic (exact) mass is 255 g/mol. The van der Waals surface area contributed by atoms with Crippen molar-refractivity contribution in [1.82, 2.24) is 4.57 Å². The molecule has 68 valence electrons. The van der Waals surface area contributed by atoms with Crippen molar-refractivity contribution in [2.75, 3.05) is 14.1 Å². The van der Waals surface area contributed by atoms with E-state index >= 15 is 0 Å². The summed E-state index contributed by atoms with van der Waals surface area (Å²) in [5.41, 5.74) is 0. The fraction of sp³-hybridized carbons (Fsp3) is 1.00. The summed E-state index contributed by atoms with van der Waals surface area (Å²) in [5.74, 6) is 0. The van der Waals surface area contributed by atoms with E-state index in [-0.39, 0.29) is 0 Å². The molecule has 5 heteroatoms. The van der Waals surface area contributed by atoms with E-state index < -0.39 is 15.4 Å². The first-order valence-electron chi connectivity index (χ1n) is 3.72. The van der Waals surface area contributed by atoms with E-state index in [0.717, 1.165) is 0 Å². The molecule has 11 heavy (non-hydrogen) atoms. The molecule has 0 heterocycles. The van der Waals surface area contributed by atoms with E-state index in [2.05, 4.69) is 60.1 Å². The molecule has 0 aliphatic heterocycles. The van der Waals surface area contributed by atoms with Gasteiger partial charge in [0.05, 0.1) is 0 Å². The van der Waals surface area contributed by atoms with E-state index in [1.807, 2.05) is 0 Å². The molecule has 0 fully saturated rings. The molecule has 0 rings (SSSR count).